The molecule has 0 aromatic rings. The molecule has 0 spiro atoms. The Morgan fingerprint density at radius 1 is 0.857 bits per heavy atom. The first-order valence-corrected chi connectivity index (χ1v) is 9.06. The third-order valence-electron chi connectivity index (χ3n) is 5.47. The molecule has 0 aliphatic carbocycles. The summed E-state index contributed by atoms with van der Waals surface area (Å²) in [6, 6.07) is 0. The van der Waals surface area contributed by atoms with Crippen molar-refractivity contribution in [2.24, 2.45) is 5.92 Å². The molecule has 0 bridgehead atoms. The third-order valence-corrected chi connectivity index (χ3v) is 5.47. The first kappa shape index (κ1) is 17.2. The number of likely N-dealkylation sites (N-methyl/N-ethyl adjacent to an activating group) is 2. The van der Waals surface area contributed by atoms with E-state index in [9.17, 15) is 0 Å². The van der Waals surface area contributed by atoms with Crippen LogP contribution in [0, 0.1) is 5.92 Å². The summed E-state index contributed by atoms with van der Waals surface area (Å²) in [4.78, 5) is 10.4. The zero-order chi connectivity index (χ0) is 15.1. The predicted molar refractivity (Wildman–Crippen MR) is 90.9 cm³/mol. The molecule has 2 fully saturated rings. The maximum absolute atomic E-state index is 2.71. The molecule has 2 saturated heterocycles. The maximum Gasteiger partial charge on any atom is 0.0110 e. The van der Waals surface area contributed by atoms with Gasteiger partial charge in [-0.1, -0.05) is 13.8 Å². The molecule has 2 aliphatic rings. The van der Waals surface area contributed by atoms with E-state index < -0.39 is 0 Å². The van der Waals surface area contributed by atoms with Gasteiger partial charge in [0, 0.05) is 45.8 Å². The molecule has 124 valence electrons. The van der Waals surface area contributed by atoms with E-state index in [1.54, 1.807) is 0 Å². The topological polar surface area (TPSA) is 13.0 Å². The van der Waals surface area contributed by atoms with Gasteiger partial charge in [-0.3, -0.25) is 0 Å². The molecule has 0 radical (unpaired) electrons. The molecular formula is C17H36N4. The minimum Gasteiger partial charge on any atom is -0.305 e. The third kappa shape index (κ3) is 5.85. The molecule has 0 aromatic heterocycles. The number of rotatable bonds is 7. The highest BCUT2D eigenvalue weighted by Gasteiger charge is 2.23. The van der Waals surface area contributed by atoms with Crippen LogP contribution in [0.15, 0.2) is 0 Å². The highest BCUT2D eigenvalue weighted by atomic mass is 15.3. The number of nitrogens with zero attached hydrogens (tertiary/aromatic N) is 4. The average Bonchev–Trinajstić information content (AvgIpc) is 2.54. The highest BCUT2D eigenvalue weighted by molar-refractivity contribution is 4.78. The first-order valence-electron chi connectivity index (χ1n) is 9.06. The molecule has 2 heterocycles. The Hall–Kier alpha value is -0.160. The monoisotopic (exact) mass is 296 g/mol. The van der Waals surface area contributed by atoms with Gasteiger partial charge in [-0.15, -0.1) is 0 Å². The van der Waals surface area contributed by atoms with Crippen molar-refractivity contribution in [2.45, 2.75) is 26.7 Å². The molecular weight excluding hydrogens is 260 g/mol. The first-order chi connectivity index (χ1) is 10.2. The van der Waals surface area contributed by atoms with E-state index in [4.69, 9.17) is 0 Å². The van der Waals surface area contributed by atoms with Crippen LogP contribution in [0.4, 0.5) is 0 Å². The molecule has 21 heavy (non-hydrogen) atoms. The van der Waals surface area contributed by atoms with Gasteiger partial charge in [0.2, 0.25) is 0 Å². The van der Waals surface area contributed by atoms with E-state index in [0.29, 0.717) is 0 Å². The summed E-state index contributed by atoms with van der Waals surface area (Å²) in [5.41, 5.74) is 0. The van der Waals surface area contributed by atoms with Gasteiger partial charge in [0.05, 0.1) is 0 Å². The van der Waals surface area contributed by atoms with Crippen molar-refractivity contribution in [2.75, 3.05) is 79.0 Å². The fraction of sp³-hybridized carbons (Fsp3) is 1.00. The molecule has 4 heteroatoms. The number of piperidine rings is 1. The summed E-state index contributed by atoms with van der Waals surface area (Å²) >= 11 is 0. The van der Waals surface area contributed by atoms with E-state index >= 15 is 0 Å². The van der Waals surface area contributed by atoms with E-state index in [0.717, 1.165) is 5.92 Å². The van der Waals surface area contributed by atoms with Crippen LogP contribution in [0.1, 0.15) is 26.7 Å². The molecule has 0 unspecified atom stereocenters. The second-order valence-electron chi connectivity index (χ2n) is 6.92. The predicted octanol–water partition coefficient (Wildman–Crippen LogP) is 1.29. The lowest BCUT2D eigenvalue weighted by molar-refractivity contribution is 0.0953. The number of likely N-dealkylation sites (tertiary alicyclic amines) is 1. The zero-order valence-corrected chi connectivity index (χ0v) is 14.6. The van der Waals surface area contributed by atoms with E-state index in [1.807, 2.05) is 0 Å². The van der Waals surface area contributed by atoms with Crippen LogP contribution in [-0.4, -0.2) is 98.6 Å². The Kier molecular flexibility index (Phi) is 7.44. The minimum absolute atomic E-state index is 0.943. The molecule has 2 aliphatic heterocycles. The van der Waals surface area contributed by atoms with Gasteiger partial charge in [-0.25, -0.2) is 0 Å². The standard InChI is InChI=1S/C17H36N4/c1-4-18(3)10-11-20-8-6-17(7-9-20)16-21-14-12-19(5-2)13-15-21/h17H,4-16H2,1-3H3. The minimum atomic E-state index is 0.943. The van der Waals surface area contributed by atoms with Crippen molar-refractivity contribution in [1.82, 2.24) is 19.6 Å². The Morgan fingerprint density at radius 2 is 1.48 bits per heavy atom. The van der Waals surface area contributed by atoms with Gasteiger partial charge in [0.25, 0.3) is 0 Å². The largest absolute Gasteiger partial charge is 0.305 e. The van der Waals surface area contributed by atoms with Crippen LogP contribution in [0.3, 0.4) is 0 Å². The number of hydrogen-bond donors (Lipinski definition) is 0. The van der Waals surface area contributed by atoms with Crippen LogP contribution in [-0.2, 0) is 0 Å². The second-order valence-corrected chi connectivity index (χ2v) is 6.92. The van der Waals surface area contributed by atoms with Gasteiger partial charge in [0.1, 0.15) is 0 Å². The molecule has 0 saturated carbocycles. The van der Waals surface area contributed by atoms with Crippen LogP contribution in [0.2, 0.25) is 0 Å². The summed E-state index contributed by atoms with van der Waals surface area (Å²) in [5.74, 6) is 0.943. The van der Waals surface area contributed by atoms with Crippen molar-refractivity contribution in [3.8, 4) is 0 Å². The molecule has 2 rings (SSSR count). The van der Waals surface area contributed by atoms with Crippen molar-refractivity contribution < 1.29 is 0 Å². The lowest BCUT2D eigenvalue weighted by Gasteiger charge is -2.38. The van der Waals surface area contributed by atoms with Crippen LogP contribution in [0.25, 0.3) is 0 Å². The Labute approximate surface area is 132 Å². The Bertz CT molecular complexity index is 268. The average molecular weight is 297 g/mol. The van der Waals surface area contributed by atoms with E-state index in [2.05, 4.69) is 40.5 Å². The van der Waals surface area contributed by atoms with Gasteiger partial charge < -0.3 is 19.6 Å². The summed E-state index contributed by atoms with van der Waals surface area (Å²) in [7, 11) is 2.22. The summed E-state index contributed by atoms with van der Waals surface area (Å²) in [6.07, 6.45) is 2.81. The van der Waals surface area contributed by atoms with Crippen molar-refractivity contribution >= 4 is 0 Å². The summed E-state index contributed by atoms with van der Waals surface area (Å²) in [5, 5.41) is 0. The Morgan fingerprint density at radius 3 is 2.05 bits per heavy atom. The van der Waals surface area contributed by atoms with E-state index in [-0.39, 0.29) is 0 Å². The molecule has 0 N–H and O–H groups in total. The highest BCUT2D eigenvalue weighted by Crippen LogP contribution is 2.19. The van der Waals surface area contributed by atoms with Crippen LogP contribution >= 0.6 is 0 Å². The van der Waals surface area contributed by atoms with Crippen LogP contribution in [0.5, 0.6) is 0 Å². The van der Waals surface area contributed by atoms with E-state index in [1.165, 1.54) is 84.8 Å². The maximum atomic E-state index is 2.71. The molecule has 0 aromatic carbocycles. The second kappa shape index (κ2) is 9.09. The summed E-state index contributed by atoms with van der Waals surface area (Å²) in [6.45, 7) is 18.5. The van der Waals surface area contributed by atoms with Gasteiger partial charge >= 0.3 is 0 Å². The molecule has 0 amide bonds. The lowest BCUT2D eigenvalue weighted by atomic mass is 9.96. The summed E-state index contributed by atoms with van der Waals surface area (Å²) < 4.78 is 0. The van der Waals surface area contributed by atoms with Crippen molar-refractivity contribution in [1.29, 1.82) is 0 Å². The fourth-order valence-corrected chi connectivity index (χ4v) is 3.52. The fourth-order valence-electron chi connectivity index (χ4n) is 3.52. The van der Waals surface area contributed by atoms with Crippen molar-refractivity contribution in [3.63, 3.8) is 0 Å². The van der Waals surface area contributed by atoms with Crippen LogP contribution < -0.4 is 0 Å². The molecule has 0 atom stereocenters. The van der Waals surface area contributed by atoms with Crippen molar-refractivity contribution in [3.05, 3.63) is 0 Å². The Balaban J connectivity index is 1.59. The molecule has 4 nitrogen and oxygen atoms in total. The quantitative estimate of drug-likeness (QED) is 0.702. The normalized spacial score (nSPS) is 24.0. The van der Waals surface area contributed by atoms with Gasteiger partial charge in [-0.05, 0) is 52.0 Å². The lowest BCUT2D eigenvalue weighted by Crippen LogP contribution is -2.48. The van der Waals surface area contributed by atoms with Gasteiger partial charge in [0.15, 0.2) is 0 Å². The number of hydrogen-bond acceptors (Lipinski definition) is 4. The smallest absolute Gasteiger partial charge is 0.0110 e. The number of piperazine rings is 1. The van der Waals surface area contributed by atoms with Gasteiger partial charge in [-0.2, -0.15) is 0 Å². The zero-order valence-electron chi connectivity index (χ0n) is 14.6. The SMILES string of the molecule is CCN(C)CCN1CCC(CN2CCN(CC)CC2)CC1.